The van der Waals surface area contributed by atoms with Crippen molar-refractivity contribution < 1.29 is 4.57 Å². The molecule has 0 amide bonds. The van der Waals surface area contributed by atoms with Crippen molar-refractivity contribution in [3.8, 4) is 0 Å². The first-order chi connectivity index (χ1) is 5.88. The number of rotatable bonds is 0. The highest BCUT2D eigenvalue weighted by atomic mass is 31.1. The smallest absolute Gasteiger partial charge is 0.164 e. The van der Waals surface area contributed by atoms with Gasteiger partial charge in [0.1, 0.15) is 0 Å². The first-order valence-corrected chi connectivity index (χ1v) is 5.65. The zero-order chi connectivity index (χ0) is 8.39. The van der Waals surface area contributed by atoms with E-state index in [-0.39, 0.29) is 0 Å². The predicted molar refractivity (Wildman–Crippen MR) is 51.4 cm³/mol. The second kappa shape index (κ2) is 3.42. The Kier molecular flexibility index (Phi) is 2.29. The molecule has 3 heteroatoms. The molecule has 0 saturated carbocycles. The van der Waals surface area contributed by atoms with E-state index in [2.05, 4.69) is 11.2 Å². The second-order valence-corrected chi connectivity index (χ2v) is 4.57. The molecule has 1 unspecified atom stereocenters. The number of aryl methyl sites for hydroxylation is 1. The number of nitrogens with one attached hydrogen (secondary N) is 1. The van der Waals surface area contributed by atoms with Crippen molar-refractivity contribution in [2.75, 3.05) is 6.54 Å². The van der Waals surface area contributed by atoms with Gasteiger partial charge in [0.15, 0.2) is 7.95 Å². The number of fused-ring (bicyclic) bond motifs is 1. The van der Waals surface area contributed by atoms with E-state index in [0.717, 1.165) is 24.7 Å². The lowest BCUT2D eigenvalue weighted by Gasteiger charge is -2.02. The SMILES string of the molecule is O=[PH]1NCCCc2ccccc21. The fourth-order valence-corrected chi connectivity index (χ4v) is 2.88. The van der Waals surface area contributed by atoms with Crippen LogP contribution >= 0.6 is 7.95 Å². The van der Waals surface area contributed by atoms with E-state index < -0.39 is 7.95 Å². The van der Waals surface area contributed by atoms with Crippen molar-refractivity contribution in [1.29, 1.82) is 0 Å². The minimum atomic E-state index is -1.69. The average Bonchev–Trinajstić information content (AvgIpc) is 2.29. The van der Waals surface area contributed by atoms with E-state index in [0.29, 0.717) is 0 Å². The van der Waals surface area contributed by atoms with Gasteiger partial charge in [-0.2, -0.15) is 0 Å². The maximum Gasteiger partial charge on any atom is 0.164 e. The standard InChI is InChI=1S/C9H12NOP/c11-12-9-6-2-1-4-8(9)5-3-7-10-12/h1-2,4,6,12H,3,5,7H2,(H,10,11). The topological polar surface area (TPSA) is 29.1 Å². The van der Waals surface area contributed by atoms with Gasteiger partial charge in [0.25, 0.3) is 0 Å². The van der Waals surface area contributed by atoms with E-state index >= 15 is 0 Å². The molecule has 0 spiro atoms. The number of hydrogen-bond donors (Lipinski definition) is 1. The summed E-state index contributed by atoms with van der Waals surface area (Å²) in [5, 5.41) is 4.07. The van der Waals surface area contributed by atoms with E-state index in [1.165, 1.54) is 5.56 Å². The Labute approximate surface area is 72.8 Å². The van der Waals surface area contributed by atoms with Gasteiger partial charge in [-0.25, -0.2) is 0 Å². The highest BCUT2D eigenvalue weighted by Gasteiger charge is 2.11. The van der Waals surface area contributed by atoms with Gasteiger partial charge in [0.2, 0.25) is 0 Å². The zero-order valence-electron chi connectivity index (χ0n) is 6.84. The highest BCUT2D eigenvalue weighted by Crippen LogP contribution is 2.20. The average molecular weight is 181 g/mol. The van der Waals surface area contributed by atoms with Gasteiger partial charge in [0.05, 0.1) is 0 Å². The molecule has 0 aliphatic carbocycles. The molecular formula is C9H12NOP. The third kappa shape index (κ3) is 1.45. The molecular weight excluding hydrogens is 169 g/mol. The first kappa shape index (κ1) is 8.03. The fourth-order valence-electron chi connectivity index (χ4n) is 1.54. The van der Waals surface area contributed by atoms with Crippen LogP contribution in [0.4, 0.5) is 0 Å². The predicted octanol–water partition coefficient (Wildman–Crippen LogP) is 1.32. The van der Waals surface area contributed by atoms with Gasteiger partial charge in [-0.05, 0) is 18.4 Å². The highest BCUT2D eigenvalue weighted by molar-refractivity contribution is 7.51. The molecule has 2 nitrogen and oxygen atoms in total. The summed E-state index contributed by atoms with van der Waals surface area (Å²) >= 11 is 0. The van der Waals surface area contributed by atoms with Gasteiger partial charge in [-0.1, -0.05) is 24.3 Å². The quantitative estimate of drug-likeness (QED) is 0.611. The van der Waals surface area contributed by atoms with Crippen molar-refractivity contribution >= 4 is 13.3 Å². The minimum Gasteiger partial charge on any atom is -0.305 e. The largest absolute Gasteiger partial charge is 0.305 e. The molecule has 1 heterocycles. The molecule has 1 aliphatic heterocycles. The summed E-state index contributed by atoms with van der Waals surface area (Å²) in [5.74, 6) is 0. The third-order valence-electron chi connectivity index (χ3n) is 2.17. The van der Waals surface area contributed by atoms with Crippen LogP contribution in [0.25, 0.3) is 0 Å². The molecule has 2 rings (SSSR count). The van der Waals surface area contributed by atoms with Crippen LogP contribution < -0.4 is 10.4 Å². The fraction of sp³-hybridized carbons (Fsp3) is 0.333. The maximum atomic E-state index is 11.6. The summed E-state index contributed by atoms with van der Waals surface area (Å²) in [7, 11) is -1.69. The molecule has 1 aromatic carbocycles. The molecule has 1 atom stereocenters. The molecule has 64 valence electrons. The molecule has 12 heavy (non-hydrogen) atoms. The van der Waals surface area contributed by atoms with Gasteiger partial charge in [0, 0.05) is 11.8 Å². The monoisotopic (exact) mass is 181 g/mol. The summed E-state index contributed by atoms with van der Waals surface area (Å²) in [6.07, 6.45) is 2.15. The van der Waals surface area contributed by atoms with E-state index in [4.69, 9.17) is 0 Å². The van der Waals surface area contributed by atoms with Gasteiger partial charge in [-0.3, -0.25) is 5.09 Å². The lowest BCUT2D eigenvalue weighted by Crippen LogP contribution is -2.09. The molecule has 0 fully saturated rings. The van der Waals surface area contributed by atoms with Crippen molar-refractivity contribution in [3.05, 3.63) is 29.8 Å². The Morgan fingerprint density at radius 3 is 3.08 bits per heavy atom. The molecule has 1 aromatic rings. The van der Waals surface area contributed by atoms with E-state index in [1.54, 1.807) is 0 Å². The Balaban J connectivity index is 2.46. The minimum absolute atomic E-state index is 0.881. The summed E-state index contributed by atoms with van der Waals surface area (Å²) in [4.78, 5) is 0. The molecule has 0 saturated heterocycles. The Morgan fingerprint density at radius 2 is 2.17 bits per heavy atom. The lowest BCUT2D eigenvalue weighted by atomic mass is 10.1. The van der Waals surface area contributed by atoms with Crippen LogP contribution in [0.5, 0.6) is 0 Å². The zero-order valence-corrected chi connectivity index (χ0v) is 7.84. The van der Waals surface area contributed by atoms with Crippen molar-refractivity contribution in [2.45, 2.75) is 12.8 Å². The van der Waals surface area contributed by atoms with Crippen molar-refractivity contribution in [2.24, 2.45) is 0 Å². The van der Waals surface area contributed by atoms with Crippen LogP contribution in [-0.4, -0.2) is 6.54 Å². The van der Waals surface area contributed by atoms with Gasteiger partial charge < -0.3 is 4.57 Å². The molecule has 0 radical (unpaired) electrons. The number of benzene rings is 1. The van der Waals surface area contributed by atoms with Crippen LogP contribution in [-0.2, 0) is 11.0 Å². The summed E-state index contributed by atoms with van der Waals surface area (Å²) in [6, 6.07) is 8.01. The normalized spacial score (nSPS) is 22.8. The molecule has 1 N–H and O–H groups in total. The van der Waals surface area contributed by atoms with Crippen LogP contribution in [0.2, 0.25) is 0 Å². The van der Waals surface area contributed by atoms with Crippen LogP contribution in [0.3, 0.4) is 0 Å². The molecule has 1 aliphatic rings. The van der Waals surface area contributed by atoms with Crippen molar-refractivity contribution in [1.82, 2.24) is 5.09 Å². The second-order valence-electron chi connectivity index (χ2n) is 3.02. The third-order valence-corrected chi connectivity index (χ3v) is 3.72. The number of hydrogen-bond acceptors (Lipinski definition) is 1. The molecule has 0 aromatic heterocycles. The van der Waals surface area contributed by atoms with Crippen LogP contribution in [0.1, 0.15) is 12.0 Å². The van der Waals surface area contributed by atoms with E-state index in [9.17, 15) is 4.57 Å². The first-order valence-electron chi connectivity index (χ1n) is 4.24. The summed E-state index contributed by atoms with van der Waals surface area (Å²) in [6.45, 7) is 0.881. The molecule has 0 bridgehead atoms. The Hall–Kier alpha value is -0.590. The van der Waals surface area contributed by atoms with Gasteiger partial charge in [-0.15, -0.1) is 0 Å². The maximum absolute atomic E-state index is 11.6. The Morgan fingerprint density at radius 1 is 1.33 bits per heavy atom. The summed E-state index contributed by atoms with van der Waals surface area (Å²) in [5.41, 5.74) is 1.26. The Bertz CT molecular complexity index is 311. The van der Waals surface area contributed by atoms with Crippen molar-refractivity contribution in [3.63, 3.8) is 0 Å². The van der Waals surface area contributed by atoms with Crippen LogP contribution in [0, 0.1) is 0 Å². The van der Waals surface area contributed by atoms with Gasteiger partial charge >= 0.3 is 0 Å². The lowest BCUT2D eigenvalue weighted by molar-refractivity contribution is 0.585. The summed E-state index contributed by atoms with van der Waals surface area (Å²) < 4.78 is 11.6. The van der Waals surface area contributed by atoms with Crippen LogP contribution in [0.15, 0.2) is 24.3 Å². The van der Waals surface area contributed by atoms with E-state index in [1.807, 2.05) is 18.2 Å².